The molecule has 0 amide bonds. The first-order chi connectivity index (χ1) is 7.04. The number of aryl methyl sites for hydroxylation is 1. The minimum Gasteiger partial charge on any atom is -0.299 e. The van der Waals surface area contributed by atoms with E-state index in [1.165, 1.54) is 0 Å². The van der Waals surface area contributed by atoms with Crippen LogP contribution >= 0.6 is 12.6 Å². The molecule has 0 saturated heterocycles. The molecule has 0 radical (unpaired) electrons. The number of rotatable bonds is 4. The van der Waals surface area contributed by atoms with Gasteiger partial charge in [0.2, 0.25) is 0 Å². The fraction of sp³-hybridized carbons (Fsp3) is 0.636. The third kappa shape index (κ3) is 3.38. The largest absolute Gasteiger partial charge is 0.299 e. The molecule has 0 spiro atoms. The van der Waals surface area contributed by atoms with Gasteiger partial charge in [0.1, 0.15) is 0 Å². The molecule has 1 aromatic heterocycles. The van der Waals surface area contributed by atoms with Gasteiger partial charge in [-0.2, -0.15) is 12.6 Å². The number of hydrogen-bond donors (Lipinski definition) is 1. The Bertz CT molecular complexity index is 373. The maximum Gasteiger partial charge on any atom is 0.253 e. The van der Waals surface area contributed by atoms with Crippen molar-refractivity contribution in [3.8, 4) is 0 Å². The molecule has 0 aromatic carbocycles. The highest BCUT2D eigenvalue weighted by Gasteiger charge is 2.12. The number of aromatic nitrogens is 2. The van der Waals surface area contributed by atoms with E-state index in [2.05, 4.69) is 31.5 Å². The van der Waals surface area contributed by atoms with Gasteiger partial charge in [0.05, 0.1) is 6.33 Å². The second-order valence-electron chi connectivity index (χ2n) is 4.21. The molecule has 1 rings (SSSR count). The molecule has 0 bridgehead atoms. The van der Waals surface area contributed by atoms with Crippen molar-refractivity contribution in [1.82, 2.24) is 9.55 Å². The van der Waals surface area contributed by atoms with Gasteiger partial charge >= 0.3 is 0 Å². The molecule has 0 aliphatic carbocycles. The van der Waals surface area contributed by atoms with E-state index in [0.717, 1.165) is 11.4 Å². The van der Waals surface area contributed by atoms with Gasteiger partial charge in [-0.1, -0.05) is 13.8 Å². The molecule has 0 saturated carbocycles. The molecular weight excluding hydrogens is 208 g/mol. The summed E-state index contributed by atoms with van der Waals surface area (Å²) in [5.74, 6) is 1.73. The summed E-state index contributed by atoms with van der Waals surface area (Å²) in [7, 11) is 0. The predicted molar refractivity (Wildman–Crippen MR) is 65.4 cm³/mol. The summed E-state index contributed by atoms with van der Waals surface area (Å²) in [4.78, 5) is 15.7. The molecule has 0 aliphatic rings. The van der Waals surface area contributed by atoms with Crippen LogP contribution in [-0.4, -0.2) is 15.3 Å². The van der Waals surface area contributed by atoms with Gasteiger partial charge in [0.25, 0.3) is 5.56 Å². The van der Waals surface area contributed by atoms with Crippen LogP contribution in [0.2, 0.25) is 0 Å². The third-order valence-electron chi connectivity index (χ3n) is 2.62. The van der Waals surface area contributed by atoms with Gasteiger partial charge in [-0.15, -0.1) is 0 Å². The Labute approximate surface area is 96.0 Å². The van der Waals surface area contributed by atoms with Crippen LogP contribution in [0, 0.1) is 18.8 Å². The molecule has 0 fully saturated rings. The van der Waals surface area contributed by atoms with E-state index in [9.17, 15) is 4.79 Å². The topological polar surface area (TPSA) is 34.9 Å². The van der Waals surface area contributed by atoms with E-state index in [1.807, 2.05) is 6.92 Å². The Balaban J connectivity index is 2.84. The van der Waals surface area contributed by atoms with Crippen molar-refractivity contribution < 1.29 is 0 Å². The van der Waals surface area contributed by atoms with Crippen molar-refractivity contribution >= 4 is 12.6 Å². The second-order valence-corrected chi connectivity index (χ2v) is 4.57. The Morgan fingerprint density at radius 3 is 2.67 bits per heavy atom. The van der Waals surface area contributed by atoms with Crippen LogP contribution in [0.15, 0.2) is 17.2 Å². The van der Waals surface area contributed by atoms with Crippen molar-refractivity contribution in [1.29, 1.82) is 0 Å². The Hall–Kier alpha value is -0.770. The quantitative estimate of drug-likeness (QED) is 0.794. The van der Waals surface area contributed by atoms with Crippen LogP contribution in [-0.2, 0) is 6.54 Å². The third-order valence-corrected chi connectivity index (χ3v) is 3.09. The maximum absolute atomic E-state index is 11.6. The Kier molecular flexibility index (Phi) is 4.39. The van der Waals surface area contributed by atoms with Crippen LogP contribution < -0.4 is 5.56 Å². The Morgan fingerprint density at radius 1 is 1.53 bits per heavy atom. The van der Waals surface area contributed by atoms with Crippen molar-refractivity contribution in [3.05, 3.63) is 28.4 Å². The van der Waals surface area contributed by atoms with Gasteiger partial charge in [-0.25, -0.2) is 4.98 Å². The summed E-state index contributed by atoms with van der Waals surface area (Å²) in [6, 6.07) is 1.57. The average Bonchev–Trinajstić information content (AvgIpc) is 2.16. The summed E-state index contributed by atoms with van der Waals surface area (Å²) in [6.45, 7) is 6.82. The highest BCUT2D eigenvalue weighted by molar-refractivity contribution is 7.80. The van der Waals surface area contributed by atoms with Crippen molar-refractivity contribution in [3.63, 3.8) is 0 Å². The summed E-state index contributed by atoms with van der Waals surface area (Å²) < 4.78 is 1.66. The van der Waals surface area contributed by atoms with Crippen LogP contribution in [0.1, 0.15) is 19.5 Å². The normalized spacial score (nSPS) is 13.1. The highest BCUT2D eigenvalue weighted by atomic mass is 32.1. The molecule has 4 heteroatoms. The van der Waals surface area contributed by atoms with Crippen LogP contribution in [0.4, 0.5) is 0 Å². The monoisotopic (exact) mass is 226 g/mol. The van der Waals surface area contributed by atoms with Gasteiger partial charge < -0.3 is 0 Å². The SMILES string of the molecule is Cc1cc(=O)n(CC(CS)C(C)C)cn1. The molecule has 0 aliphatic heterocycles. The van der Waals surface area contributed by atoms with Crippen LogP contribution in [0.25, 0.3) is 0 Å². The molecule has 1 atom stereocenters. The summed E-state index contributed by atoms with van der Waals surface area (Å²) >= 11 is 4.30. The number of thiol groups is 1. The Morgan fingerprint density at radius 2 is 2.20 bits per heavy atom. The molecule has 84 valence electrons. The van der Waals surface area contributed by atoms with Crippen LogP contribution in [0.5, 0.6) is 0 Å². The number of nitrogens with zero attached hydrogens (tertiary/aromatic N) is 2. The fourth-order valence-corrected chi connectivity index (χ4v) is 1.92. The lowest BCUT2D eigenvalue weighted by molar-refractivity contribution is 0.365. The van der Waals surface area contributed by atoms with E-state index in [1.54, 1.807) is 17.0 Å². The minimum atomic E-state index is 0.0231. The lowest BCUT2D eigenvalue weighted by atomic mass is 9.98. The summed E-state index contributed by atoms with van der Waals surface area (Å²) in [5.41, 5.74) is 0.790. The van der Waals surface area contributed by atoms with Crippen molar-refractivity contribution in [2.24, 2.45) is 11.8 Å². The first kappa shape index (κ1) is 12.3. The number of hydrogen-bond acceptors (Lipinski definition) is 3. The van der Waals surface area contributed by atoms with E-state index in [4.69, 9.17) is 0 Å². The highest BCUT2D eigenvalue weighted by Crippen LogP contribution is 2.13. The molecule has 1 unspecified atom stereocenters. The minimum absolute atomic E-state index is 0.0231. The van der Waals surface area contributed by atoms with E-state index >= 15 is 0 Å². The zero-order chi connectivity index (χ0) is 11.4. The van der Waals surface area contributed by atoms with Gasteiger partial charge in [-0.05, 0) is 24.5 Å². The molecule has 1 aromatic rings. The van der Waals surface area contributed by atoms with E-state index < -0.39 is 0 Å². The zero-order valence-electron chi connectivity index (χ0n) is 9.47. The van der Waals surface area contributed by atoms with Crippen LogP contribution in [0.3, 0.4) is 0 Å². The smallest absolute Gasteiger partial charge is 0.253 e. The van der Waals surface area contributed by atoms with Crippen molar-refractivity contribution in [2.45, 2.75) is 27.3 Å². The first-order valence-electron chi connectivity index (χ1n) is 5.18. The zero-order valence-corrected chi connectivity index (χ0v) is 10.4. The first-order valence-corrected chi connectivity index (χ1v) is 5.81. The summed E-state index contributed by atoms with van der Waals surface area (Å²) in [5, 5.41) is 0. The maximum atomic E-state index is 11.6. The van der Waals surface area contributed by atoms with E-state index in [0.29, 0.717) is 18.4 Å². The molecular formula is C11H18N2OS. The van der Waals surface area contributed by atoms with E-state index in [-0.39, 0.29) is 5.56 Å². The van der Waals surface area contributed by atoms with Gasteiger partial charge in [0, 0.05) is 18.3 Å². The molecule has 1 heterocycles. The second kappa shape index (κ2) is 5.35. The fourth-order valence-electron chi connectivity index (χ4n) is 1.39. The van der Waals surface area contributed by atoms with Crippen molar-refractivity contribution in [2.75, 3.05) is 5.75 Å². The van der Waals surface area contributed by atoms with Gasteiger partial charge in [-0.3, -0.25) is 9.36 Å². The molecule has 15 heavy (non-hydrogen) atoms. The molecule has 3 nitrogen and oxygen atoms in total. The molecule has 0 N–H and O–H groups in total. The average molecular weight is 226 g/mol. The standard InChI is InChI=1S/C11H18N2OS/c1-8(2)10(6-15)5-13-7-12-9(3)4-11(13)14/h4,7-8,10,15H,5-6H2,1-3H3. The predicted octanol–water partition coefficient (Wildman–Crippen LogP) is 1.75. The lowest BCUT2D eigenvalue weighted by Gasteiger charge is -2.19. The summed E-state index contributed by atoms with van der Waals surface area (Å²) in [6.07, 6.45) is 1.62. The lowest BCUT2D eigenvalue weighted by Crippen LogP contribution is -2.27. The van der Waals surface area contributed by atoms with Gasteiger partial charge in [0.15, 0.2) is 0 Å².